The number of aryl methyl sites for hydroxylation is 1. The number of hydrogen-bond acceptors (Lipinski definition) is 1. The molecule has 25 heavy (non-hydrogen) atoms. The molecule has 0 unspecified atom stereocenters. The van der Waals surface area contributed by atoms with Crippen molar-refractivity contribution >= 4 is 34.8 Å². The average Bonchev–Trinajstić information content (AvgIpc) is 2.61. The van der Waals surface area contributed by atoms with Gasteiger partial charge >= 0.3 is 0 Å². The largest absolute Gasteiger partial charge is 0.322 e. The number of rotatable bonds is 4. The Morgan fingerprint density at radius 3 is 2.36 bits per heavy atom. The van der Waals surface area contributed by atoms with Gasteiger partial charge in [0.15, 0.2) is 0 Å². The molecule has 0 aliphatic carbocycles. The Morgan fingerprint density at radius 1 is 0.920 bits per heavy atom. The highest BCUT2D eigenvalue weighted by Gasteiger charge is 2.13. The number of carbonyl (C=O) groups excluding carboxylic acids is 1. The number of anilines is 1. The van der Waals surface area contributed by atoms with Crippen LogP contribution in [-0.2, 0) is 4.79 Å². The molecule has 3 aromatic carbocycles. The first-order valence-electron chi connectivity index (χ1n) is 8.03. The fourth-order valence-corrected chi connectivity index (χ4v) is 2.76. The smallest absolute Gasteiger partial charge is 0.256 e. The first-order valence-corrected chi connectivity index (χ1v) is 8.41. The molecule has 2 nitrogen and oxygen atoms in total. The molecule has 0 radical (unpaired) electrons. The molecule has 3 heteroatoms. The fourth-order valence-electron chi connectivity index (χ4n) is 2.57. The molecule has 3 aromatic rings. The van der Waals surface area contributed by atoms with E-state index >= 15 is 0 Å². The molecular weight excluding hydrogens is 330 g/mol. The maximum atomic E-state index is 12.9. The van der Waals surface area contributed by atoms with Gasteiger partial charge in [0, 0.05) is 16.3 Å². The Balaban J connectivity index is 2.00. The van der Waals surface area contributed by atoms with Gasteiger partial charge < -0.3 is 5.32 Å². The first-order chi connectivity index (χ1) is 12.1. The minimum Gasteiger partial charge on any atom is -0.322 e. The van der Waals surface area contributed by atoms with Crippen LogP contribution < -0.4 is 5.32 Å². The van der Waals surface area contributed by atoms with Gasteiger partial charge in [-0.05, 0) is 47.9 Å². The minimum absolute atomic E-state index is 0.170. The Labute approximate surface area is 152 Å². The highest BCUT2D eigenvalue weighted by Crippen LogP contribution is 2.24. The van der Waals surface area contributed by atoms with E-state index in [0.717, 1.165) is 22.4 Å². The van der Waals surface area contributed by atoms with Gasteiger partial charge in [0.25, 0.3) is 5.91 Å². The monoisotopic (exact) mass is 347 g/mol. The fraction of sp³-hybridized carbons (Fsp3) is 0.0455. The Hall–Kier alpha value is -2.84. The van der Waals surface area contributed by atoms with Gasteiger partial charge in [0.1, 0.15) is 0 Å². The van der Waals surface area contributed by atoms with Crippen LogP contribution in [0.3, 0.4) is 0 Å². The molecule has 0 saturated heterocycles. The second-order valence-electron chi connectivity index (χ2n) is 5.77. The Kier molecular flexibility index (Phi) is 5.32. The molecular formula is C22H18ClNO. The van der Waals surface area contributed by atoms with Gasteiger partial charge in [0.2, 0.25) is 0 Å². The van der Waals surface area contributed by atoms with E-state index in [9.17, 15) is 4.79 Å². The zero-order chi connectivity index (χ0) is 17.6. The van der Waals surface area contributed by atoms with Crippen LogP contribution in [0.5, 0.6) is 0 Å². The lowest BCUT2D eigenvalue weighted by molar-refractivity contribution is -0.111. The van der Waals surface area contributed by atoms with Crippen LogP contribution in [-0.4, -0.2) is 5.91 Å². The lowest BCUT2D eigenvalue weighted by atomic mass is 10.0. The maximum Gasteiger partial charge on any atom is 0.256 e. The molecule has 0 aliphatic rings. The normalized spacial score (nSPS) is 11.2. The summed E-state index contributed by atoms with van der Waals surface area (Å²) < 4.78 is 0. The molecule has 3 rings (SSSR count). The number of hydrogen-bond donors (Lipinski definition) is 1. The van der Waals surface area contributed by atoms with E-state index in [0.29, 0.717) is 10.6 Å². The number of nitrogens with one attached hydrogen (secondary N) is 1. The Morgan fingerprint density at radius 2 is 1.64 bits per heavy atom. The first kappa shape index (κ1) is 17.0. The number of amides is 1. The van der Waals surface area contributed by atoms with E-state index < -0.39 is 0 Å². The van der Waals surface area contributed by atoms with E-state index in [-0.39, 0.29) is 5.91 Å². The van der Waals surface area contributed by atoms with Crippen LogP contribution in [0.2, 0.25) is 5.02 Å². The minimum atomic E-state index is -0.170. The number of carbonyl (C=O) groups is 1. The Bertz CT molecular complexity index is 916. The van der Waals surface area contributed by atoms with E-state index in [2.05, 4.69) is 5.32 Å². The van der Waals surface area contributed by atoms with Crippen LogP contribution in [0, 0.1) is 6.92 Å². The molecule has 0 saturated carbocycles. The zero-order valence-corrected chi connectivity index (χ0v) is 14.6. The summed E-state index contributed by atoms with van der Waals surface area (Å²) in [4.78, 5) is 12.9. The summed E-state index contributed by atoms with van der Waals surface area (Å²) in [5.74, 6) is -0.170. The lowest BCUT2D eigenvalue weighted by Crippen LogP contribution is -2.13. The molecule has 1 amide bonds. The van der Waals surface area contributed by atoms with Crippen molar-refractivity contribution in [2.24, 2.45) is 0 Å². The van der Waals surface area contributed by atoms with E-state index in [1.165, 1.54) is 0 Å². The number of benzene rings is 3. The van der Waals surface area contributed by atoms with Crippen molar-refractivity contribution in [1.82, 2.24) is 0 Å². The predicted molar refractivity (Wildman–Crippen MR) is 106 cm³/mol. The quantitative estimate of drug-likeness (QED) is 0.467. The van der Waals surface area contributed by atoms with Crippen LogP contribution in [0.15, 0.2) is 78.9 Å². The molecule has 0 heterocycles. The number of halogens is 1. The van der Waals surface area contributed by atoms with Gasteiger partial charge in [-0.25, -0.2) is 0 Å². The third-order valence-corrected chi connectivity index (χ3v) is 4.15. The molecule has 0 spiro atoms. The topological polar surface area (TPSA) is 29.1 Å². The van der Waals surface area contributed by atoms with Crippen molar-refractivity contribution in [3.05, 3.63) is 101 Å². The summed E-state index contributed by atoms with van der Waals surface area (Å²) in [5, 5.41) is 3.58. The summed E-state index contributed by atoms with van der Waals surface area (Å²) >= 11 is 6.27. The molecule has 124 valence electrons. The summed E-state index contributed by atoms with van der Waals surface area (Å²) in [6.45, 7) is 1.99. The highest BCUT2D eigenvalue weighted by molar-refractivity contribution is 6.34. The van der Waals surface area contributed by atoms with Crippen molar-refractivity contribution in [3.63, 3.8) is 0 Å². The summed E-state index contributed by atoms with van der Waals surface area (Å²) in [7, 11) is 0. The third-order valence-electron chi connectivity index (χ3n) is 3.81. The van der Waals surface area contributed by atoms with E-state index in [1.54, 1.807) is 0 Å². The SMILES string of the molecule is Cc1cccc(NC(=O)/C(=C/c2ccccc2Cl)c2ccccc2)c1. The summed E-state index contributed by atoms with van der Waals surface area (Å²) in [5.41, 5.74) is 4.07. The molecule has 0 bridgehead atoms. The molecule has 0 aliphatic heterocycles. The average molecular weight is 348 g/mol. The lowest BCUT2D eigenvalue weighted by Gasteiger charge is -2.11. The van der Waals surface area contributed by atoms with Gasteiger partial charge in [0.05, 0.1) is 0 Å². The van der Waals surface area contributed by atoms with Gasteiger partial charge in [-0.15, -0.1) is 0 Å². The third kappa shape index (κ3) is 4.37. The van der Waals surface area contributed by atoms with Gasteiger partial charge in [-0.2, -0.15) is 0 Å². The second-order valence-corrected chi connectivity index (χ2v) is 6.18. The standard InChI is InChI=1S/C22H18ClNO/c1-16-8-7-12-19(14-16)24-22(25)20(17-9-3-2-4-10-17)15-18-11-5-6-13-21(18)23/h2-15H,1H3,(H,24,25)/b20-15+. The second kappa shape index (κ2) is 7.82. The molecule has 0 atom stereocenters. The molecule has 0 fully saturated rings. The van der Waals surface area contributed by atoms with Crippen LogP contribution in [0.25, 0.3) is 11.6 Å². The van der Waals surface area contributed by atoms with Crippen molar-refractivity contribution < 1.29 is 4.79 Å². The van der Waals surface area contributed by atoms with Crippen molar-refractivity contribution in [3.8, 4) is 0 Å². The van der Waals surface area contributed by atoms with Gasteiger partial charge in [-0.3, -0.25) is 4.79 Å². The predicted octanol–water partition coefficient (Wildman–Crippen LogP) is 5.83. The summed E-state index contributed by atoms with van der Waals surface area (Å²) in [6, 6.07) is 24.8. The van der Waals surface area contributed by atoms with Crippen molar-refractivity contribution in [1.29, 1.82) is 0 Å². The van der Waals surface area contributed by atoms with Crippen molar-refractivity contribution in [2.45, 2.75) is 6.92 Å². The maximum absolute atomic E-state index is 12.9. The zero-order valence-electron chi connectivity index (χ0n) is 13.9. The molecule has 0 aromatic heterocycles. The van der Waals surface area contributed by atoms with E-state index in [4.69, 9.17) is 11.6 Å². The van der Waals surface area contributed by atoms with Gasteiger partial charge in [-0.1, -0.05) is 72.3 Å². The van der Waals surface area contributed by atoms with E-state index in [1.807, 2.05) is 91.9 Å². The highest BCUT2D eigenvalue weighted by atomic mass is 35.5. The van der Waals surface area contributed by atoms with Crippen LogP contribution in [0.4, 0.5) is 5.69 Å². The van der Waals surface area contributed by atoms with Crippen LogP contribution >= 0.6 is 11.6 Å². The van der Waals surface area contributed by atoms with Crippen LogP contribution in [0.1, 0.15) is 16.7 Å². The molecule has 1 N–H and O–H groups in total. The summed E-state index contributed by atoms with van der Waals surface area (Å²) in [6.07, 6.45) is 1.82. The van der Waals surface area contributed by atoms with Crippen molar-refractivity contribution in [2.75, 3.05) is 5.32 Å².